The van der Waals surface area contributed by atoms with Crippen molar-refractivity contribution in [3.63, 3.8) is 0 Å². The summed E-state index contributed by atoms with van der Waals surface area (Å²) in [6, 6.07) is 10.4. The van der Waals surface area contributed by atoms with Gasteiger partial charge in [0.15, 0.2) is 5.82 Å². The second-order valence-electron chi connectivity index (χ2n) is 8.53. The van der Waals surface area contributed by atoms with Crippen LogP contribution in [0, 0.1) is 6.92 Å². The molecule has 0 aliphatic rings. The van der Waals surface area contributed by atoms with Gasteiger partial charge >= 0.3 is 6.18 Å². The first-order chi connectivity index (χ1) is 18.2. The van der Waals surface area contributed by atoms with Gasteiger partial charge in [0.05, 0.1) is 17.4 Å². The molecule has 0 fully saturated rings. The monoisotopic (exact) mass is 538 g/mol. The lowest BCUT2D eigenvalue weighted by Gasteiger charge is -2.20. The smallest absolute Gasteiger partial charge is 0.372 e. The zero-order valence-corrected chi connectivity index (χ0v) is 21.1. The highest BCUT2D eigenvalue weighted by atomic mass is 32.1. The third-order valence-corrected chi connectivity index (χ3v) is 6.76. The van der Waals surface area contributed by atoms with Gasteiger partial charge in [0, 0.05) is 37.9 Å². The highest BCUT2D eigenvalue weighted by Crippen LogP contribution is 2.36. The predicted molar refractivity (Wildman–Crippen MR) is 134 cm³/mol. The van der Waals surface area contributed by atoms with Gasteiger partial charge in [-0.05, 0) is 29.7 Å². The molecule has 0 saturated carbocycles. The Morgan fingerprint density at radius 2 is 1.82 bits per heavy atom. The quantitative estimate of drug-likeness (QED) is 0.272. The number of halogens is 3. The fourth-order valence-corrected chi connectivity index (χ4v) is 5.09. The molecule has 8 nitrogen and oxygen atoms in total. The highest BCUT2D eigenvalue weighted by molar-refractivity contribution is 7.18. The van der Waals surface area contributed by atoms with Crippen molar-refractivity contribution in [2.45, 2.75) is 32.0 Å². The summed E-state index contributed by atoms with van der Waals surface area (Å²) in [5, 5.41) is 8.31. The molecule has 4 heterocycles. The third-order valence-electron chi connectivity index (χ3n) is 5.88. The van der Waals surface area contributed by atoms with Crippen molar-refractivity contribution in [2.75, 3.05) is 7.11 Å². The summed E-state index contributed by atoms with van der Waals surface area (Å²) in [4.78, 5) is 27.7. The lowest BCUT2D eigenvalue weighted by atomic mass is 9.93. The minimum atomic E-state index is -4.71. The summed E-state index contributed by atoms with van der Waals surface area (Å²) in [6.45, 7) is 1.87. The van der Waals surface area contributed by atoms with E-state index in [4.69, 9.17) is 4.74 Å². The number of benzene rings is 1. The number of fused-ring (bicyclic) bond motifs is 1. The van der Waals surface area contributed by atoms with E-state index in [9.17, 15) is 18.0 Å². The number of methoxy groups -OCH3 is 1. The molecule has 5 aromatic rings. The number of aromatic nitrogens is 6. The van der Waals surface area contributed by atoms with Gasteiger partial charge < -0.3 is 4.74 Å². The molecule has 12 heteroatoms. The van der Waals surface area contributed by atoms with E-state index in [0.29, 0.717) is 15.9 Å². The summed E-state index contributed by atoms with van der Waals surface area (Å²) in [7, 11) is 1.58. The Labute approximate surface area is 219 Å². The number of nitrogens with zero attached hydrogens (tertiary/aromatic N) is 6. The Kier molecular flexibility index (Phi) is 7.00. The normalized spacial score (nSPS) is 12.7. The van der Waals surface area contributed by atoms with Crippen molar-refractivity contribution in [2.24, 2.45) is 0 Å². The maximum atomic E-state index is 13.8. The van der Waals surface area contributed by atoms with Crippen LogP contribution < -0.4 is 0 Å². The predicted octanol–water partition coefficient (Wildman–Crippen LogP) is 5.08. The molecule has 194 valence electrons. The van der Waals surface area contributed by atoms with Gasteiger partial charge in [-0.3, -0.25) is 4.79 Å². The largest absolute Gasteiger partial charge is 0.420 e. The van der Waals surface area contributed by atoms with Crippen LogP contribution in [0.3, 0.4) is 0 Å². The molecule has 0 aliphatic carbocycles. The molecule has 0 bridgehead atoms. The fourth-order valence-electron chi connectivity index (χ4n) is 4.31. The van der Waals surface area contributed by atoms with Crippen LogP contribution in [0.4, 0.5) is 13.2 Å². The van der Waals surface area contributed by atoms with Crippen LogP contribution in [0.2, 0.25) is 0 Å². The Morgan fingerprint density at radius 3 is 2.50 bits per heavy atom. The molecule has 1 unspecified atom stereocenters. The lowest BCUT2D eigenvalue weighted by molar-refractivity contribution is -0.138. The molecular formula is C26H21F3N6O2S. The zero-order chi connectivity index (χ0) is 26.9. The number of ether oxygens (including phenoxy) is 1. The topological polar surface area (TPSA) is 95.7 Å². The number of Topliss-reactive ketones (excluding diaryl/α,β-unsaturated/α-hetero) is 1. The van der Waals surface area contributed by atoms with E-state index in [-0.39, 0.29) is 24.2 Å². The molecule has 4 aromatic heterocycles. The number of aryl methyl sites for hydroxylation is 1. The van der Waals surface area contributed by atoms with Gasteiger partial charge in [-0.1, -0.05) is 41.7 Å². The lowest BCUT2D eigenvalue weighted by Crippen LogP contribution is -2.17. The number of rotatable bonds is 8. The number of hydrogen-bond donors (Lipinski definition) is 0. The van der Waals surface area contributed by atoms with Gasteiger partial charge in [-0.25, -0.2) is 15.0 Å². The van der Waals surface area contributed by atoms with E-state index in [1.165, 1.54) is 29.9 Å². The van der Waals surface area contributed by atoms with Crippen molar-refractivity contribution < 1.29 is 22.7 Å². The van der Waals surface area contributed by atoms with E-state index < -0.39 is 23.7 Å². The maximum absolute atomic E-state index is 13.8. The van der Waals surface area contributed by atoms with Crippen molar-refractivity contribution >= 4 is 27.5 Å². The minimum absolute atomic E-state index is 0.0641. The van der Waals surface area contributed by atoms with Gasteiger partial charge in [-0.2, -0.15) is 23.4 Å². The summed E-state index contributed by atoms with van der Waals surface area (Å²) in [6.07, 6.45) is -0.159. The van der Waals surface area contributed by atoms with Crippen molar-refractivity contribution in [3.05, 3.63) is 94.0 Å². The van der Waals surface area contributed by atoms with Crippen LogP contribution in [0.15, 0.2) is 61.2 Å². The SMILES string of the molecule is COC(c1ccccc1)c1c(CC(=O)Cc2cnc(-n3nccn3)c(C(F)(F)F)c2)cnc2sc(C)nc12. The van der Waals surface area contributed by atoms with E-state index in [1.54, 1.807) is 13.3 Å². The number of pyridine rings is 2. The summed E-state index contributed by atoms with van der Waals surface area (Å²) >= 11 is 1.43. The maximum Gasteiger partial charge on any atom is 0.420 e. The van der Waals surface area contributed by atoms with Crippen molar-refractivity contribution in [1.29, 1.82) is 0 Å². The molecule has 0 amide bonds. The Morgan fingerprint density at radius 1 is 1.08 bits per heavy atom. The third kappa shape index (κ3) is 5.18. The average Bonchev–Trinajstić information content (AvgIpc) is 3.55. The van der Waals surface area contributed by atoms with Gasteiger partial charge in [0.1, 0.15) is 27.8 Å². The van der Waals surface area contributed by atoms with Gasteiger partial charge in [-0.15, -0.1) is 4.80 Å². The van der Waals surface area contributed by atoms with Crippen LogP contribution in [0.1, 0.15) is 38.9 Å². The molecule has 0 radical (unpaired) electrons. The highest BCUT2D eigenvalue weighted by Gasteiger charge is 2.36. The summed E-state index contributed by atoms with van der Waals surface area (Å²) in [5.41, 5.74) is 1.95. The molecule has 1 aromatic carbocycles. The summed E-state index contributed by atoms with van der Waals surface area (Å²) in [5.74, 6) is -0.762. The van der Waals surface area contributed by atoms with E-state index in [0.717, 1.165) is 27.0 Å². The first-order valence-corrected chi connectivity index (χ1v) is 12.3. The molecule has 0 saturated heterocycles. The van der Waals surface area contributed by atoms with E-state index >= 15 is 0 Å². The van der Waals surface area contributed by atoms with Crippen LogP contribution in [-0.2, 0) is 28.5 Å². The Hall–Kier alpha value is -4.03. The molecule has 5 rings (SSSR count). The van der Waals surface area contributed by atoms with E-state index in [1.807, 2.05) is 37.3 Å². The van der Waals surface area contributed by atoms with Crippen LogP contribution >= 0.6 is 11.3 Å². The zero-order valence-electron chi connectivity index (χ0n) is 20.3. The van der Waals surface area contributed by atoms with E-state index in [2.05, 4.69) is 25.1 Å². The first kappa shape index (κ1) is 25.6. The molecule has 0 aliphatic heterocycles. The number of carbonyl (C=O) groups excluding carboxylic acids is 1. The van der Waals surface area contributed by atoms with Crippen LogP contribution in [-0.4, -0.2) is 42.8 Å². The minimum Gasteiger partial charge on any atom is -0.372 e. The standard InChI is InChI=1S/C26H21F3N6O2S/c1-15-34-22-21(23(37-2)17-6-4-3-5-7-17)18(14-31-25(22)38-15)12-19(36)10-16-11-20(26(27,28)29)24(30-13-16)35-32-8-9-33-35/h3-9,11,13-14,23H,10,12H2,1-2H3. The van der Waals surface area contributed by atoms with Gasteiger partial charge in [0.2, 0.25) is 0 Å². The molecule has 1 atom stereocenters. The molecular weight excluding hydrogens is 517 g/mol. The first-order valence-electron chi connectivity index (χ1n) is 11.5. The van der Waals surface area contributed by atoms with Crippen molar-refractivity contribution in [3.8, 4) is 5.82 Å². The van der Waals surface area contributed by atoms with Crippen LogP contribution in [0.25, 0.3) is 16.2 Å². The molecule has 38 heavy (non-hydrogen) atoms. The van der Waals surface area contributed by atoms with Crippen LogP contribution in [0.5, 0.6) is 0 Å². The second kappa shape index (κ2) is 10.4. The van der Waals surface area contributed by atoms with Gasteiger partial charge in [0.25, 0.3) is 0 Å². The number of thiazole rings is 1. The number of hydrogen-bond acceptors (Lipinski definition) is 8. The fraction of sp³-hybridized carbons (Fsp3) is 0.231. The number of alkyl halides is 3. The summed E-state index contributed by atoms with van der Waals surface area (Å²) < 4.78 is 47.2. The second-order valence-corrected chi connectivity index (χ2v) is 9.72. The Balaban J connectivity index is 1.48. The number of ketones is 1. The average molecular weight is 539 g/mol. The molecule has 0 N–H and O–H groups in total. The molecule has 0 spiro atoms. The number of carbonyl (C=O) groups is 1. The Bertz CT molecular complexity index is 1590. The van der Waals surface area contributed by atoms with Crippen molar-refractivity contribution in [1.82, 2.24) is 29.9 Å².